The van der Waals surface area contributed by atoms with Crippen LogP contribution in [0.2, 0.25) is 5.02 Å². The maximum atomic E-state index is 12.8. The molecule has 1 aromatic rings. The standard InChI is InChI=1S/C18H28ClN3O2S/c1-18(2,11-20)12-22(3)17(24)15(9-10-25-4)21-16(23)13-7-5-6-8-14(13)19/h5-8,15H,9-12,20H2,1-4H3,(H,21,23). The van der Waals surface area contributed by atoms with Crippen LogP contribution in [-0.2, 0) is 4.79 Å². The minimum atomic E-state index is -0.588. The molecule has 1 atom stereocenters. The number of carbonyl (C=O) groups is 2. The molecule has 5 nitrogen and oxygen atoms in total. The lowest BCUT2D eigenvalue weighted by Gasteiger charge is -2.31. The zero-order chi connectivity index (χ0) is 19.0. The van der Waals surface area contributed by atoms with E-state index in [4.69, 9.17) is 17.3 Å². The third-order valence-corrected chi connectivity index (χ3v) is 4.90. The van der Waals surface area contributed by atoms with Crippen molar-refractivity contribution in [3.05, 3.63) is 34.9 Å². The summed E-state index contributed by atoms with van der Waals surface area (Å²) in [5, 5.41) is 3.20. The molecular formula is C18H28ClN3O2S. The molecule has 1 aromatic carbocycles. The van der Waals surface area contributed by atoms with Crippen molar-refractivity contribution >= 4 is 35.2 Å². The maximum Gasteiger partial charge on any atom is 0.253 e. The van der Waals surface area contributed by atoms with Gasteiger partial charge in [0.2, 0.25) is 5.91 Å². The summed E-state index contributed by atoms with van der Waals surface area (Å²) in [4.78, 5) is 27.0. The van der Waals surface area contributed by atoms with Gasteiger partial charge in [-0.3, -0.25) is 9.59 Å². The maximum absolute atomic E-state index is 12.8. The number of likely N-dealkylation sites (N-methyl/N-ethyl adjacent to an activating group) is 1. The first-order valence-electron chi connectivity index (χ1n) is 8.21. The van der Waals surface area contributed by atoms with E-state index in [0.717, 1.165) is 5.75 Å². The molecule has 3 N–H and O–H groups in total. The van der Waals surface area contributed by atoms with Crippen LogP contribution in [-0.4, -0.2) is 54.9 Å². The van der Waals surface area contributed by atoms with Gasteiger partial charge in [-0.25, -0.2) is 0 Å². The number of thioether (sulfide) groups is 1. The monoisotopic (exact) mass is 385 g/mol. The lowest BCUT2D eigenvalue weighted by Crippen LogP contribution is -2.50. The zero-order valence-electron chi connectivity index (χ0n) is 15.3. The number of benzene rings is 1. The summed E-state index contributed by atoms with van der Waals surface area (Å²) in [5.74, 6) is 0.320. The number of halogens is 1. The number of nitrogens with zero attached hydrogens (tertiary/aromatic N) is 1. The van der Waals surface area contributed by atoms with Crippen LogP contribution in [0.3, 0.4) is 0 Å². The van der Waals surface area contributed by atoms with E-state index in [1.165, 1.54) is 0 Å². The first kappa shape index (κ1) is 21.8. The van der Waals surface area contributed by atoms with Gasteiger partial charge < -0.3 is 16.0 Å². The number of nitrogens with two attached hydrogens (primary N) is 1. The van der Waals surface area contributed by atoms with Gasteiger partial charge in [0.05, 0.1) is 10.6 Å². The van der Waals surface area contributed by atoms with Crippen LogP contribution in [0.4, 0.5) is 0 Å². The predicted octanol–water partition coefficient (Wildman–Crippen LogP) is 2.63. The van der Waals surface area contributed by atoms with Crippen molar-refractivity contribution in [2.24, 2.45) is 11.1 Å². The zero-order valence-corrected chi connectivity index (χ0v) is 16.9. The van der Waals surface area contributed by atoms with E-state index < -0.39 is 6.04 Å². The molecule has 2 amide bonds. The van der Waals surface area contributed by atoms with Crippen molar-refractivity contribution in [1.29, 1.82) is 0 Å². The molecule has 0 aliphatic heterocycles. The van der Waals surface area contributed by atoms with Gasteiger partial charge in [0.1, 0.15) is 6.04 Å². The Labute approximate surface area is 159 Å². The number of amides is 2. The Morgan fingerprint density at radius 3 is 2.56 bits per heavy atom. The average molecular weight is 386 g/mol. The van der Waals surface area contributed by atoms with E-state index in [0.29, 0.717) is 30.1 Å². The summed E-state index contributed by atoms with van der Waals surface area (Å²) in [6.07, 6.45) is 2.53. The van der Waals surface area contributed by atoms with Gasteiger partial charge in [-0.1, -0.05) is 37.6 Å². The smallest absolute Gasteiger partial charge is 0.253 e. The Morgan fingerprint density at radius 2 is 2.00 bits per heavy atom. The summed E-state index contributed by atoms with van der Waals surface area (Å²) < 4.78 is 0. The molecule has 0 radical (unpaired) electrons. The third-order valence-electron chi connectivity index (χ3n) is 3.93. The van der Waals surface area contributed by atoms with E-state index in [1.54, 1.807) is 48.0 Å². The molecule has 0 aromatic heterocycles. The molecule has 0 saturated carbocycles. The van der Waals surface area contributed by atoms with Gasteiger partial charge in [-0.05, 0) is 42.5 Å². The highest BCUT2D eigenvalue weighted by molar-refractivity contribution is 7.98. The van der Waals surface area contributed by atoms with Crippen molar-refractivity contribution in [3.63, 3.8) is 0 Å². The number of nitrogens with one attached hydrogen (secondary N) is 1. The summed E-state index contributed by atoms with van der Waals surface area (Å²) in [7, 11) is 1.74. The van der Waals surface area contributed by atoms with Gasteiger partial charge in [0.15, 0.2) is 0 Å². The first-order valence-corrected chi connectivity index (χ1v) is 9.98. The Morgan fingerprint density at radius 1 is 1.36 bits per heavy atom. The molecule has 0 saturated heterocycles. The summed E-state index contributed by atoms with van der Waals surface area (Å²) >= 11 is 7.72. The van der Waals surface area contributed by atoms with Gasteiger partial charge in [-0.2, -0.15) is 11.8 Å². The highest BCUT2D eigenvalue weighted by atomic mass is 35.5. The number of carbonyl (C=O) groups excluding carboxylic acids is 2. The van der Waals surface area contributed by atoms with Crippen LogP contribution in [0.1, 0.15) is 30.6 Å². The van der Waals surface area contributed by atoms with Crippen LogP contribution in [0.5, 0.6) is 0 Å². The highest BCUT2D eigenvalue weighted by Crippen LogP contribution is 2.17. The Bertz CT molecular complexity index is 595. The topological polar surface area (TPSA) is 75.4 Å². The molecular weight excluding hydrogens is 358 g/mol. The van der Waals surface area contributed by atoms with Gasteiger partial charge >= 0.3 is 0 Å². The lowest BCUT2D eigenvalue weighted by atomic mass is 9.93. The third kappa shape index (κ3) is 6.88. The van der Waals surface area contributed by atoms with Crippen molar-refractivity contribution in [2.75, 3.05) is 32.1 Å². The fraction of sp³-hybridized carbons (Fsp3) is 0.556. The quantitative estimate of drug-likeness (QED) is 0.685. The number of rotatable bonds is 9. The average Bonchev–Trinajstić information content (AvgIpc) is 2.57. The molecule has 0 aliphatic rings. The molecule has 1 unspecified atom stereocenters. The predicted molar refractivity (Wildman–Crippen MR) is 106 cm³/mol. The largest absolute Gasteiger partial charge is 0.343 e. The van der Waals surface area contributed by atoms with Crippen LogP contribution >= 0.6 is 23.4 Å². The van der Waals surface area contributed by atoms with Crippen molar-refractivity contribution < 1.29 is 9.59 Å². The first-order chi connectivity index (χ1) is 11.7. The number of hydrogen-bond acceptors (Lipinski definition) is 4. The molecule has 1 rings (SSSR count). The van der Waals surface area contributed by atoms with E-state index >= 15 is 0 Å². The molecule has 0 heterocycles. The normalized spacial score (nSPS) is 12.6. The molecule has 25 heavy (non-hydrogen) atoms. The van der Waals surface area contributed by atoms with Gasteiger partial charge in [0, 0.05) is 13.6 Å². The Hall–Kier alpha value is -1.24. The summed E-state index contributed by atoms with van der Waals surface area (Å²) in [6, 6.07) is 6.23. The Balaban J connectivity index is 2.87. The fourth-order valence-corrected chi connectivity index (χ4v) is 3.12. The van der Waals surface area contributed by atoms with Gasteiger partial charge in [-0.15, -0.1) is 0 Å². The summed E-state index contributed by atoms with van der Waals surface area (Å²) in [5.41, 5.74) is 5.95. The van der Waals surface area contributed by atoms with Gasteiger partial charge in [0.25, 0.3) is 5.91 Å². The van der Waals surface area contributed by atoms with E-state index in [-0.39, 0.29) is 17.2 Å². The minimum absolute atomic E-state index is 0.115. The van der Waals surface area contributed by atoms with E-state index in [2.05, 4.69) is 5.32 Å². The molecule has 140 valence electrons. The fourth-order valence-electron chi connectivity index (χ4n) is 2.42. The highest BCUT2D eigenvalue weighted by Gasteiger charge is 2.28. The molecule has 0 bridgehead atoms. The second kappa shape index (κ2) is 10.0. The SMILES string of the molecule is CSCCC(NC(=O)c1ccccc1Cl)C(=O)N(C)CC(C)(C)CN. The molecule has 0 aliphatic carbocycles. The van der Waals surface area contributed by atoms with E-state index in [9.17, 15) is 9.59 Å². The lowest BCUT2D eigenvalue weighted by molar-refractivity contribution is -0.133. The minimum Gasteiger partial charge on any atom is -0.343 e. The van der Waals surface area contributed by atoms with Crippen LogP contribution < -0.4 is 11.1 Å². The molecule has 0 spiro atoms. The molecule has 7 heteroatoms. The van der Waals surface area contributed by atoms with E-state index in [1.807, 2.05) is 20.1 Å². The second-order valence-corrected chi connectivity index (χ2v) is 8.24. The van der Waals surface area contributed by atoms with Crippen molar-refractivity contribution in [1.82, 2.24) is 10.2 Å². The van der Waals surface area contributed by atoms with Crippen molar-refractivity contribution in [2.45, 2.75) is 26.3 Å². The van der Waals surface area contributed by atoms with Crippen molar-refractivity contribution in [3.8, 4) is 0 Å². The summed E-state index contributed by atoms with van der Waals surface area (Å²) in [6.45, 7) is 5.03. The number of hydrogen-bond donors (Lipinski definition) is 2. The Kier molecular flexibility index (Phi) is 8.76. The van der Waals surface area contributed by atoms with Crippen LogP contribution in [0.25, 0.3) is 0 Å². The second-order valence-electron chi connectivity index (χ2n) is 6.85. The van der Waals surface area contributed by atoms with Crippen LogP contribution in [0, 0.1) is 5.41 Å². The molecule has 0 fully saturated rings. The van der Waals surface area contributed by atoms with Crippen LogP contribution in [0.15, 0.2) is 24.3 Å².